The molecule has 1 aromatic rings. The van der Waals surface area contributed by atoms with Gasteiger partial charge in [0.2, 0.25) is 10.0 Å². The minimum absolute atomic E-state index is 0.0338. The summed E-state index contributed by atoms with van der Waals surface area (Å²) < 4.78 is 26.1. The van der Waals surface area contributed by atoms with Crippen LogP contribution in [0.4, 0.5) is 0 Å². The van der Waals surface area contributed by atoms with Crippen molar-refractivity contribution < 1.29 is 13.2 Å². The molecule has 0 atom stereocenters. The highest BCUT2D eigenvalue weighted by atomic mass is 32.2. The van der Waals surface area contributed by atoms with Crippen LogP contribution in [0.1, 0.15) is 36.5 Å². The lowest BCUT2D eigenvalue weighted by Crippen LogP contribution is -2.28. The maximum Gasteiger partial charge on any atom is 0.243 e. The predicted octanol–water partition coefficient (Wildman–Crippen LogP) is 2.06. The van der Waals surface area contributed by atoms with Crippen molar-refractivity contribution in [3.63, 3.8) is 0 Å². The van der Waals surface area contributed by atoms with Crippen molar-refractivity contribution in [3.05, 3.63) is 29.8 Å². The normalized spacial score (nSPS) is 16.9. The van der Waals surface area contributed by atoms with Crippen molar-refractivity contribution in [1.82, 2.24) is 4.31 Å². The van der Waals surface area contributed by atoms with Crippen molar-refractivity contribution in [3.8, 4) is 0 Å². The molecule has 1 aliphatic rings. The molecule has 1 fully saturated rings. The standard InChI is InChI=1S/C13H17NO3S/c1-2-13(15)11-6-5-7-12(10-11)18(16,17)14-8-3-4-9-14/h5-7,10H,2-4,8-9H2,1H3. The van der Waals surface area contributed by atoms with Gasteiger partial charge in [0.15, 0.2) is 5.78 Å². The molecule has 5 heteroatoms. The van der Waals surface area contributed by atoms with E-state index in [4.69, 9.17) is 0 Å². The highest BCUT2D eigenvalue weighted by molar-refractivity contribution is 7.89. The number of nitrogens with zero attached hydrogens (tertiary/aromatic N) is 1. The number of hydrogen-bond acceptors (Lipinski definition) is 3. The van der Waals surface area contributed by atoms with Gasteiger partial charge in [0.1, 0.15) is 0 Å². The van der Waals surface area contributed by atoms with Crippen molar-refractivity contribution >= 4 is 15.8 Å². The SMILES string of the molecule is CCC(=O)c1cccc(S(=O)(=O)N2CCCC2)c1. The lowest BCUT2D eigenvalue weighted by atomic mass is 10.1. The van der Waals surface area contributed by atoms with Crippen LogP contribution in [0.5, 0.6) is 0 Å². The first-order valence-electron chi connectivity index (χ1n) is 6.19. The van der Waals surface area contributed by atoms with Crippen molar-refractivity contribution in [2.75, 3.05) is 13.1 Å². The second-order valence-corrected chi connectivity index (χ2v) is 6.35. The molecule has 0 aromatic heterocycles. The van der Waals surface area contributed by atoms with E-state index in [2.05, 4.69) is 0 Å². The summed E-state index contributed by atoms with van der Waals surface area (Å²) in [6.45, 7) is 2.92. The van der Waals surface area contributed by atoms with Gasteiger partial charge in [-0.3, -0.25) is 4.79 Å². The number of benzene rings is 1. The average molecular weight is 267 g/mol. The lowest BCUT2D eigenvalue weighted by molar-refractivity contribution is 0.0988. The molecule has 0 unspecified atom stereocenters. The molecule has 1 heterocycles. The fourth-order valence-corrected chi connectivity index (χ4v) is 3.68. The zero-order valence-electron chi connectivity index (χ0n) is 10.4. The molecule has 1 saturated heterocycles. The summed E-state index contributed by atoms with van der Waals surface area (Å²) in [6.07, 6.45) is 2.20. The van der Waals surface area contributed by atoms with Crippen molar-refractivity contribution in [2.24, 2.45) is 0 Å². The van der Waals surface area contributed by atoms with Gasteiger partial charge >= 0.3 is 0 Å². The van der Waals surface area contributed by atoms with Gasteiger partial charge in [-0.25, -0.2) is 8.42 Å². The largest absolute Gasteiger partial charge is 0.294 e. The van der Waals surface area contributed by atoms with Gasteiger partial charge in [-0.05, 0) is 25.0 Å². The second-order valence-electron chi connectivity index (χ2n) is 4.42. The van der Waals surface area contributed by atoms with Crippen LogP contribution < -0.4 is 0 Å². The van der Waals surface area contributed by atoms with E-state index in [1.807, 2.05) is 0 Å². The van der Waals surface area contributed by atoms with Crippen LogP contribution >= 0.6 is 0 Å². The third kappa shape index (κ3) is 2.47. The molecule has 1 aliphatic heterocycles. The number of Topliss-reactive ketones (excluding diaryl/α,β-unsaturated/α-hetero) is 1. The van der Waals surface area contributed by atoms with Crippen LogP contribution in [0.2, 0.25) is 0 Å². The Morgan fingerprint density at radius 1 is 1.28 bits per heavy atom. The Hall–Kier alpha value is -1.20. The molecule has 0 N–H and O–H groups in total. The minimum atomic E-state index is -3.42. The Morgan fingerprint density at radius 3 is 2.56 bits per heavy atom. The van der Waals surface area contributed by atoms with Crippen LogP contribution in [0.25, 0.3) is 0 Å². The lowest BCUT2D eigenvalue weighted by Gasteiger charge is -2.15. The minimum Gasteiger partial charge on any atom is -0.294 e. The molecule has 0 radical (unpaired) electrons. The predicted molar refractivity (Wildman–Crippen MR) is 69.1 cm³/mol. The molecule has 0 spiro atoms. The van der Waals surface area contributed by atoms with Crippen LogP contribution in [0.15, 0.2) is 29.2 Å². The van der Waals surface area contributed by atoms with Crippen LogP contribution in [0.3, 0.4) is 0 Å². The Morgan fingerprint density at radius 2 is 1.94 bits per heavy atom. The maximum absolute atomic E-state index is 12.3. The monoisotopic (exact) mass is 267 g/mol. The fourth-order valence-electron chi connectivity index (χ4n) is 2.11. The third-order valence-corrected chi connectivity index (χ3v) is 5.07. The smallest absolute Gasteiger partial charge is 0.243 e. The molecule has 98 valence electrons. The molecule has 0 bridgehead atoms. The van der Waals surface area contributed by atoms with E-state index in [9.17, 15) is 13.2 Å². The van der Waals surface area contributed by atoms with Crippen LogP contribution in [0, 0.1) is 0 Å². The van der Waals surface area contributed by atoms with E-state index < -0.39 is 10.0 Å². The molecule has 0 aliphatic carbocycles. The van der Waals surface area contributed by atoms with Gasteiger partial charge in [0, 0.05) is 25.1 Å². The summed E-state index contributed by atoms with van der Waals surface area (Å²) >= 11 is 0. The van der Waals surface area contributed by atoms with Crippen molar-refractivity contribution in [1.29, 1.82) is 0 Å². The Balaban J connectivity index is 2.35. The van der Waals surface area contributed by atoms with Crippen molar-refractivity contribution in [2.45, 2.75) is 31.1 Å². The van der Waals surface area contributed by atoms with Gasteiger partial charge in [-0.2, -0.15) is 4.31 Å². The Labute approximate surface area is 108 Å². The van der Waals surface area contributed by atoms with E-state index in [0.29, 0.717) is 25.1 Å². The van der Waals surface area contributed by atoms with Crippen LogP contribution in [-0.4, -0.2) is 31.6 Å². The summed E-state index contributed by atoms with van der Waals surface area (Å²) in [5.74, 6) is -0.0338. The van der Waals surface area contributed by atoms with Gasteiger partial charge in [0.25, 0.3) is 0 Å². The topological polar surface area (TPSA) is 54.5 Å². The molecule has 2 rings (SSSR count). The summed E-state index contributed by atoms with van der Waals surface area (Å²) in [6, 6.07) is 6.33. The van der Waals surface area contributed by atoms with E-state index in [1.54, 1.807) is 25.1 Å². The molecule has 0 amide bonds. The molecule has 18 heavy (non-hydrogen) atoms. The quantitative estimate of drug-likeness (QED) is 0.785. The summed E-state index contributed by atoms with van der Waals surface area (Å²) in [7, 11) is -3.42. The molecular weight excluding hydrogens is 250 g/mol. The summed E-state index contributed by atoms with van der Waals surface area (Å²) in [4.78, 5) is 11.8. The maximum atomic E-state index is 12.3. The first-order chi connectivity index (χ1) is 8.55. The van der Waals surface area contributed by atoms with Gasteiger partial charge in [-0.15, -0.1) is 0 Å². The number of rotatable bonds is 4. The number of carbonyl (C=O) groups excluding carboxylic acids is 1. The first-order valence-corrected chi connectivity index (χ1v) is 7.63. The first kappa shape index (κ1) is 13.2. The third-order valence-electron chi connectivity index (χ3n) is 3.18. The van der Waals surface area contributed by atoms with Crippen LogP contribution in [-0.2, 0) is 10.0 Å². The van der Waals surface area contributed by atoms with Gasteiger partial charge < -0.3 is 0 Å². The number of hydrogen-bond donors (Lipinski definition) is 0. The number of carbonyl (C=O) groups is 1. The molecule has 1 aromatic carbocycles. The van der Waals surface area contributed by atoms with E-state index in [0.717, 1.165) is 12.8 Å². The van der Waals surface area contributed by atoms with Gasteiger partial charge in [0.05, 0.1) is 4.90 Å². The summed E-state index contributed by atoms with van der Waals surface area (Å²) in [5.41, 5.74) is 0.470. The zero-order chi connectivity index (χ0) is 13.2. The zero-order valence-corrected chi connectivity index (χ0v) is 11.2. The van der Waals surface area contributed by atoms with E-state index in [-0.39, 0.29) is 10.7 Å². The summed E-state index contributed by atoms with van der Waals surface area (Å²) in [5, 5.41) is 0. The molecule has 4 nitrogen and oxygen atoms in total. The molecule has 0 saturated carbocycles. The van der Waals surface area contributed by atoms with Gasteiger partial charge in [-0.1, -0.05) is 19.1 Å². The number of sulfonamides is 1. The highest BCUT2D eigenvalue weighted by Crippen LogP contribution is 2.21. The number of ketones is 1. The Kier molecular flexibility index (Phi) is 3.82. The van der Waals surface area contributed by atoms with E-state index in [1.165, 1.54) is 10.4 Å². The molecular formula is C13H17NO3S. The highest BCUT2D eigenvalue weighted by Gasteiger charge is 2.27. The second kappa shape index (κ2) is 5.20. The fraction of sp³-hybridized carbons (Fsp3) is 0.462. The average Bonchev–Trinajstić information content (AvgIpc) is 2.92. The Bertz CT molecular complexity index is 545. The van der Waals surface area contributed by atoms with E-state index >= 15 is 0 Å².